The minimum absolute atomic E-state index is 0.243. The lowest BCUT2D eigenvalue weighted by molar-refractivity contribution is -0.121. The van der Waals surface area contributed by atoms with Crippen LogP contribution in [0.4, 0.5) is 4.79 Å². The van der Waals surface area contributed by atoms with Gasteiger partial charge in [-0.05, 0) is 49.7 Å². The first-order valence-electron chi connectivity index (χ1n) is 7.16. The second kappa shape index (κ2) is 9.65. The van der Waals surface area contributed by atoms with E-state index >= 15 is 0 Å². The van der Waals surface area contributed by atoms with Crippen molar-refractivity contribution in [3.8, 4) is 0 Å². The largest absolute Gasteiger partial charge is 0.326 e. The molecule has 112 valence electrons. The summed E-state index contributed by atoms with van der Waals surface area (Å²) in [5.41, 5.74) is 0. The Morgan fingerprint density at radius 3 is 2.05 bits per heavy atom. The van der Waals surface area contributed by atoms with E-state index in [2.05, 4.69) is 6.92 Å². The van der Waals surface area contributed by atoms with Crippen LogP contribution in [0.15, 0.2) is 0 Å². The predicted octanol–water partition coefficient (Wildman–Crippen LogP) is 5.02. The Morgan fingerprint density at radius 2 is 1.68 bits per heavy atom. The number of hydrogen-bond donors (Lipinski definition) is 0. The number of ketones is 1. The molecule has 0 fully saturated rings. The highest BCUT2D eigenvalue weighted by Crippen LogP contribution is 2.38. The smallest absolute Gasteiger partial charge is 0.298 e. The molecule has 0 spiro atoms. The quantitative estimate of drug-likeness (QED) is 0.246. The van der Waals surface area contributed by atoms with Crippen LogP contribution in [0.3, 0.4) is 0 Å². The van der Waals surface area contributed by atoms with Gasteiger partial charge in [0.15, 0.2) is 5.78 Å². The number of amides is 1. The van der Waals surface area contributed by atoms with Crippen molar-refractivity contribution in [2.24, 2.45) is 0 Å². The SMILES string of the molecule is CCCCCC(=O)C(CC)(CC)SN(CC)C(=O)Cl. The average molecular weight is 308 g/mol. The molecule has 5 heteroatoms. The standard InChI is InChI=1S/C14H26ClNO2S/c1-5-9-10-11-12(17)14(6-2,7-3)19-16(8-4)13(15)18/h5-11H2,1-4H3. The van der Waals surface area contributed by atoms with Gasteiger partial charge in [-0.25, -0.2) is 0 Å². The lowest BCUT2D eigenvalue weighted by atomic mass is 9.93. The van der Waals surface area contributed by atoms with Crippen molar-refractivity contribution in [3.05, 3.63) is 0 Å². The highest BCUT2D eigenvalue weighted by atomic mass is 35.5. The van der Waals surface area contributed by atoms with E-state index in [4.69, 9.17) is 11.6 Å². The molecule has 0 rings (SSSR count). The summed E-state index contributed by atoms with van der Waals surface area (Å²) in [6.45, 7) is 8.50. The fourth-order valence-electron chi connectivity index (χ4n) is 2.02. The van der Waals surface area contributed by atoms with Crippen LogP contribution < -0.4 is 0 Å². The number of unbranched alkanes of at least 4 members (excludes halogenated alkanes) is 2. The summed E-state index contributed by atoms with van der Waals surface area (Å²) in [7, 11) is 0. The molecule has 3 nitrogen and oxygen atoms in total. The molecule has 1 amide bonds. The number of hydrogen-bond acceptors (Lipinski definition) is 3. The third-order valence-electron chi connectivity index (χ3n) is 3.43. The van der Waals surface area contributed by atoms with Crippen LogP contribution in [0, 0.1) is 0 Å². The van der Waals surface area contributed by atoms with Crippen molar-refractivity contribution in [1.29, 1.82) is 0 Å². The van der Waals surface area contributed by atoms with Crippen LogP contribution >= 0.6 is 23.5 Å². The third-order valence-corrected chi connectivity index (χ3v) is 5.53. The van der Waals surface area contributed by atoms with Gasteiger partial charge < -0.3 is 0 Å². The molecule has 0 heterocycles. The van der Waals surface area contributed by atoms with E-state index in [-0.39, 0.29) is 5.78 Å². The number of halogens is 1. The van der Waals surface area contributed by atoms with Gasteiger partial charge in [0.05, 0.1) is 4.75 Å². The van der Waals surface area contributed by atoms with E-state index in [1.807, 2.05) is 20.8 Å². The number of nitrogens with zero attached hydrogens (tertiary/aromatic N) is 1. The lowest BCUT2D eigenvalue weighted by Gasteiger charge is -2.33. The fourth-order valence-corrected chi connectivity index (χ4v) is 3.33. The van der Waals surface area contributed by atoms with Crippen LogP contribution in [0.25, 0.3) is 0 Å². The molecule has 0 aliphatic rings. The van der Waals surface area contributed by atoms with E-state index in [0.717, 1.165) is 32.1 Å². The highest BCUT2D eigenvalue weighted by molar-refractivity contribution is 7.99. The van der Waals surface area contributed by atoms with Gasteiger partial charge >= 0.3 is 5.37 Å². The second-order valence-corrected chi connectivity index (χ2v) is 6.35. The van der Waals surface area contributed by atoms with Gasteiger partial charge in [-0.1, -0.05) is 33.6 Å². The van der Waals surface area contributed by atoms with E-state index in [0.29, 0.717) is 13.0 Å². The Kier molecular flexibility index (Phi) is 9.54. The van der Waals surface area contributed by atoms with Gasteiger partial charge in [0.2, 0.25) is 0 Å². The van der Waals surface area contributed by atoms with Gasteiger partial charge in [0.1, 0.15) is 0 Å². The third kappa shape index (κ3) is 5.74. The molecule has 0 saturated carbocycles. The maximum absolute atomic E-state index is 12.5. The van der Waals surface area contributed by atoms with Crippen molar-refractivity contribution in [1.82, 2.24) is 4.31 Å². The molecule has 0 aromatic rings. The van der Waals surface area contributed by atoms with Crippen molar-refractivity contribution in [3.63, 3.8) is 0 Å². The summed E-state index contributed by atoms with van der Waals surface area (Å²) in [6, 6.07) is 0. The summed E-state index contributed by atoms with van der Waals surface area (Å²) in [5, 5.41) is -0.500. The van der Waals surface area contributed by atoms with Crippen LogP contribution in [0.1, 0.15) is 66.2 Å². The zero-order valence-electron chi connectivity index (χ0n) is 12.5. The molecule has 0 aliphatic heterocycles. The number of carbonyl (C=O) groups excluding carboxylic acids is 2. The molecule has 0 radical (unpaired) electrons. The molecule has 0 N–H and O–H groups in total. The Bertz CT molecular complexity index is 293. The van der Waals surface area contributed by atoms with E-state index in [1.165, 1.54) is 16.3 Å². The zero-order valence-corrected chi connectivity index (χ0v) is 14.1. The van der Waals surface area contributed by atoms with Crippen molar-refractivity contribution in [2.75, 3.05) is 6.54 Å². The second-order valence-electron chi connectivity index (χ2n) is 4.62. The fraction of sp³-hybridized carbons (Fsp3) is 0.857. The Labute approximate surface area is 126 Å². The molecule has 19 heavy (non-hydrogen) atoms. The van der Waals surface area contributed by atoms with E-state index in [1.54, 1.807) is 0 Å². The Balaban J connectivity index is 4.81. The number of rotatable bonds is 10. The molecule has 0 bridgehead atoms. The van der Waals surface area contributed by atoms with E-state index < -0.39 is 10.1 Å². The van der Waals surface area contributed by atoms with Crippen LogP contribution in [-0.2, 0) is 4.79 Å². The average Bonchev–Trinajstić information content (AvgIpc) is 2.40. The highest BCUT2D eigenvalue weighted by Gasteiger charge is 2.37. The zero-order chi connectivity index (χ0) is 14.9. The lowest BCUT2D eigenvalue weighted by Crippen LogP contribution is -2.38. The molecule has 0 aromatic carbocycles. The number of carbonyl (C=O) groups is 2. The van der Waals surface area contributed by atoms with Crippen LogP contribution in [0.2, 0.25) is 0 Å². The molecular formula is C14H26ClNO2S. The molecule has 0 unspecified atom stereocenters. The minimum atomic E-state index is -0.506. The Morgan fingerprint density at radius 1 is 1.11 bits per heavy atom. The molecular weight excluding hydrogens is 282 g/mol. The molecule has 0 atom stereocenters. The van der Waals surface area contributed by atoms with Crippen molar-refractivity contribution < 1.29 is 9.59 Å². The van der Waals surface area contributed by atoms with Gasteiger partial charge in [-0.15, -0.1) is 0 Å². The summed E-state index contributed by atoms with van der Waals surface area (Å²) in [6.07, 6.45) is 5.15. The monoisotopic (exact) mass is 307 g/mol. The first-order chi connectivity index (χ1) is 8.97. The summed E-state index contributed by atoms with van der Waals surface area (Å²) in [4.78, 5) is 23.8. The van der Waals surface area contributed by atoms with Crippen molar-refractivity contribution >= 4 is 34.7 Å². The summed E-state index contributed by atoms with van der Waals surface area (Å²) in [5.74, 6) is 0.243. The van der Waals surface area contributed by atoms with Crippen LogP contribution in [0.5, 0.6) is 0 Å². The first-order valence-corrected chi connectivity index (χ1v) is 8.31. The first kappa shape index (κ1) is 18.8. The van der Waals surface area contributed by atoms with Gasteiger partial charge in [-0.3, -0.25) is 13.9 Å². The van der Waals surface area contributed by atoms with Gasteiger partial charge in [-0.2, -0.15) is 0 Å². The van der Waals surface area contributed by atoms with E-state index in [9.17, 15) is 9.59 Å². The number of Topliss-reactive ketones (excluding diaryl/α,β-unsaturated/α-hetero) is 1. The van der Waals surface area contributed by atoms with Crippen LogP contribution in [-0.4, -0.2) is 26.7 Å². The Hall–Kier alpha value is -0.220. The normalized spacial score (nSPS) is 11.4. The maximum atomic E-state index is 12.5. The van der Waals surface area contributed by atoms with Crippen molar-refractivity contribution in [2.45, 2.75) is 71.0 Å². The minimum Gasteiger partial charge on any atom is -0.298 e. The van der Waals surface area contributed by atoms with Gasteiger partial charge in [0, 0.05) is 13.0 Å². The molecule has 0 aliphatic carbocycles. The molecule has 0 saturated heterocycles. The molecule has 0 aromatic heterocycles. The topological polar surface area (TPSA) is 37.4 Å². The summed E-state index contributed by atoms with van der Waals surface area (Å²) < 4.78 is 0.973. The predicted molar refractivity (Wildman–Crippen MR) is 83.7 cm³/mol. The van der Waals surface area contributed by atoms with Gasteiger partial charge in [0.25, 0.3) is 0 Å². The summed E-state index contributed by atoms with van der Waals surface area (Å²) >= 11 is 6.86. The maximum Gasteiger partial charge on any atom is 0.326 e.